The van der Waals surface area contributed by atoms with Gasteiger partial charge in [0.05, 0.1) is 13.0 Å². The van der Waals surface area contributed by atoms with Crippen LogP contribution in [0, 0.1) is 0 Å². The Morgan fingerprint density at radius 2 is 2.19 bits per heavy atom. The van der Waals surface area contributed by atoms with Crippen LogP contribution >= 0.6 is 0 Å². The number of ether oxygens (including phenoxy) is 1. The molecule has 0 fully saturated rings. The van der Waals surface area contributed by atoms with Gasteiger partial charge in [-0.3, -0.25) is 0 Å². The summed E-state index contributed by atoms with van der Waals surface area (Å²) < 4.78 is 40.1. The van der Waals surface area contributed by atoms with Gasteiger partial charge in [0.15, 0.2) is 11.4 Å². The number of pyridine rings is 1. The highest BCUT2D eigenvalue weighted by Crippen LogP contribution is 2.21. The maximum absolute atomic E-state index is 11.8. The van der Waals surface area contributed by atoms with Gasteiger partial charge in [-0.2, -0.15) is 13.2 Å². The van der Waals surface area contributed by atoms with E-state index in [-0.39, 0.29) is 5.75 Å². The zero-order chi connectivity index (χ0) is 12.2. The minimum atomic E-state index is -4.33. The van der Waals surface area contributed by atoms with E-state index in [1.54, 1.807) is 0 Å². The van der Waals surface area contributed by atoms with E-state index in [2.05, 4.69) is 4.98 Å². The van der Waals surface area contributed by atoms with Crippen LogP contribution in [0.4, 0.5) is 13.2 Å². The summed E-state index contributed by atoms with van der Waals surface area (Å²) in [5.41, 5.74) is -0.398. The summed E-state index contributed by atoms with van der Waals surface area (Å²) in [6.07, 6.45) is -4.24. The first kappa shape index (κ1) is 12.3. The van der Waals surface area contributed by atoms with E-state index in [0.29, 0.717) is 0 Å². The van der Waals surface area contributed by atoms with Crippen molar-refractivity contribution in [3.05, 3.63) is 24.0 Å². The largest absolute Gasteiger partial charge is 0.491 e. The molecule has 0 aliphatic carbocycles. The van der Waals surface area contributed by atoms with Crippen LogP contribution in [0.3, 0.4) is 0 Å². The molecule has 0 radical (unpaired) electrons. The number of carboxylic acid groups (broad SMARTS) is 1. The molecule has 1 heterocycles. The maximum Gasteiger partial charge on any atom is 0.392 e. The summed E-state index contributed by atoms with van der Waals surface area (Å²) in [5, 5.41) is 8.66. The van der Waals surface area contributed by atoms with Gasteiger partial charge in [0.2, 0.25) is 0 Å². The summed E-state index contributed by atoms with van der Waals surface area (Å²) in [6.45, 7) is -0.629. The quantitative estimate of drug-likeness (QED) is 0.868. The molecule has 0 aliphatic rings. The van der Waals surface area contributed by atoms with Crippen molar-refractivity contribution in [2.45, 2.75) is 12.6 Å². The highest BCUT2D eigenvalue weighted by atomic mass is 19.4. The summed E-state index contributed by atoms with van der Waals surface area (Å²) in [4.78, 5) is 14.1. The molecular weight excluding hydrogens is 227 g/mol. The van der Waals surface area contributed by atoms with Gasteiger partial charge in [0, 0.05) is 6.20 Å². The molecule has 0 spiro atoms. The molecule has 1 aromatic heterocycles. The number of alkyl halides is 3. The number of hydrogen-bond donors (Lipinski definition) is 1. The van der Waals surface area contributed by atoms with E-state index in [0.717, 1.165) is 0 Å². The summed E-state index contributed by atoms with van der Waals surface area (Å²) in [7, 11) is 0. The molecule has 0 aliphatic heterocycles. The maximum atomic E-state index is 11.8. The molecule has 0 amide bonds. The zero-order valence-corrected chi connectivity index (χ0v) is 7.99. The van der Waals surface area contributed by atoms with Crippen molar-refractivity contribution in [1.82, 2.24) is 4.98 Å². The van der Waals surface area contributed by atoms with Crippen molar-refractivity contribution < 1.29 is 27.8 Å². The van der Waals surface area contributed by atoms with Gasteiger partial charge in [0.25, 0.3) is 0 Å². The van der Waals surface area contributed by atoms with E-state index in [1.165, 1.54) is 18.3 Å². The second-order valence-corrected chi connectivity index (χ2v) is 2.87. The molecule has 1 aromatic rings. The molecule has 0 aromatic carbocycles. The smallest absolute Gasteiger partial charge is 0.392 e. The molecule has 1 rings (SSSR count). The average Bonchev–Trinajstić information content (AvgIpc) is 2.16. The number of rotatable bonds is 4. The molecule has 0 saturated heterocycles. The van der Waals surface area contributed by atoms with Crippen LogP contribution in [-0.2, 0) is 0 Å². The number of carbonyl (C=O) groups is 1. The van der Waals surface area contributed by atoms with Crippen LogP contribution < -0.4 is 4.74 Å². The number of carboxylic acids is 1. The lowest BCUT2D eigenvalue weighted by atomic mass is 10.3. The fraction of sp³-hybridized carbons (Fsp3) is 0.333. The molecule has 0 saturated carbocycles. The summed E-state index contributed by atoms with van der Waals surface area (Å²) in [6, 6.07) is 2.64. The summed E-state index contributed by atoms with van der Waals surface area (Å²) >= 11 is 0. The van der Waals surface area contributed by atoms with Gasteiger partial charge in [-0.05, 0) is 12.1 Å². The van der Waals surface area contributed by atoms with E-state index in [4.69, 9.17) is 9.84 Å². The molecule has 1 N–H and O–H groups in total. The van der Waals surface area contributed by atoms with Crippen molar-refractivity contribution in [3.63, 3.8) is 0 Å². The van der Waals surface area contributed by atoms with E-state index < -0.39 is 30.9 Å². The number of hydrogen-bond acceptors (Lipinski definition) is 3. The minimum absolute atomic E-state index is 0.167. The Kier molecular flexibility index (Phi) is 3.70. The fourth-order valence-electron chi connectivity index (χ4n) is 0.944. The lowest BCUT2D eigenvalue weighted by Gasteiger charge is -2.09. The van der Waals surface area contributed by atoms with Crippen molar-refractivity contribution in [3.8, 4) is 5.75 Å². The van der Waals surface area contributed by atoms with Crippen LogP contribution in [0.2, 0.25) is 0 Å². The van der Waals surface area contributed by atoms with E-state index >= 15 is 0 Å². The third-order valence-corrected chi connectivity index (χ3v) is 1.62. The van der Waals surface area contributed by atoms with Crippen molar-refractivity contribution in [2.24, 2.45) is 0 Å². The monoisotopic (exact) mass is 235 g/mol. The number of aromatic nitrogens is 1. The van der Waals surface area contributed by atoms with Gasteiger partial charge in [0.1, 0.15) is 0 Å². The lowest BCUT2D eigenvalue weighted by molar-refractivity contribution is -0.139. The minimum Gasteiger partial charge on any atom is -0.491 e. The Morgan fingerprint density at radius 1 is 1.50 bits per heavy atom. The molecule has 0 bridgehead atoms. The van der Waals surface area contributed by atoms with Crippen LogP contribution in [0.15, 0.2) is 18.3 Å². The third-order valence-electron chi connectivity index (χ3n) is 1.62. The standard InChI is InChI=1S/C9H8F3NO3/c10-9(11,12)3-5-16-6-2-1-4-13-7(6)8(14)15/h1-2,4H,3,5H2,(H,14,15). The van der Waals surface area contributed by atoms with Crippen molar-refractivity contribution in [1.29, 1.82) is 0 Å². The third kappa shape index (κ3) is 3.76. The second kappa shape index (κ2) is 4.82. The van der Waals surface area contributed by atoms with Crippen LogP contribution in [0.5, 0.6) is 5.75 Å². The number of nitrogens with zero attached hydrogens (tertiary/aromatic N) is 1. The second-order valence-electron chi connectivity index (χ2n) is 2.87. The molecule has 16 heavy (non-hydrogen) atoms. The first-order valence-electron chi connectivity index (χ1n) is 4.28. The number of aromatic carboxylic acids is 1. The van der Waals surface area contributed by atoms with Gasteiger partial charge >= 0.3 is 12.1 Å². The zero-order valence-electron chi connectivity index (χ0n) is 7.99. The van der Waals surface area contributed by atoms with Gasteiger partial charge in [-0.15, -0.1) is 0 Å². The molecule has 7 heteroatoms. The fourth-order valence-corrected chi connectivity index (χ4v) is 0.944. The summed E-state index contributed by atoms with van der Waals surface area (Å²) in [5.74, 6) is -1.51. The average molecular weight is 235 g/mol. The highest BCUT2D eigenvalue weighted by Gasteiger charge is 2.27. The van der Waals surface area contributed by atoms with Gasteiger partial charge in [-0.25, -0.2) is 9.78 Å². The normalized spacial score (nSPS) is 11.2. The Hall–Kier alpha value is -1.79. The number of halogens is 3. The molecular formula is C9H8F3NO3. The Balaban J connectivity index is 2.64. The highest BCUT2D eigenvalue weighted by molar-refractivity contribution is 5.88. The van der Waals surface area contributed by atoms with Gasteiger partial charge < -0.3 is 9.84 Å². The molecule has 4 nitrogen and oxygen atoms in total. The predicted molar refractivity (Wildman–Crippen MR) is 47.4 cm³/mol. The molecule has 0 unspecified atom stereocenters. The first-order chi connectivity index (χ1) is 7.40. The van der Waals surface area contributed by atoms with Crippen LogP contribution in [-0.4, -0.2) is 28.8 Å². The molecule has 0 atom stereocenters. The van der Waals surface area contributed by atoms with Gasteiger partial charge in [-0.1, -0.05) is 0 Å². The lowest BCUT2D eigenvalue weighted by Crippen LogP contribution is -2.14. The van der Waals surface area contributed by atoms with Crippen LogP contribution in [0.1, 0.15) is 16.9 Å². The van der Waals surface area contributed by atoms with Crippen LogP contribution in [0.25, 0.3) is 0 Å². The van der Waals surface area contributed by atoms with Crippen molar-refractivity contribution in [2.75, 3.05) is 6.61 Å². The predicted octanol–water partition coefficient (Wildman–Crippen LogP) is 2.11. The first-order valence-corrected chi connectivity index (χ1v) is 4.28. The van der Waals surface area contributed by atoms with Crippen molar-refractivity contribution >= 4 is 5.97 Å². The Bertz CT molecular complexity index is 379. The van der Waals surface area contributed by atoms with E-state index in [1.807, 2.05) is 0 Å². The topological polar surface area (TPSA) is 59.4 Å². The Morgan fingerprint density at radius 3 is 2.75 bits per heavy atom. The molecule has 88 valence electrons. The van der Waals surface area contributed by atoms with E-state index in [9.17, 15) is 18.0 Å². The Labute approximate surface area is 88.7 Å². The SMILES string of the molecule is O=C(O)c1ncccc1OCCC(F)(F)F.